The Labute approximate surface area is 183 Å². The number of ether oxygens (including phenoxy) is 1. The Morgan fingerprint density at radius 3 is 2.39 bits per heavy atom. The number of methoxy groups -OCH3 is 1. The third-order valence-corrected chi connectivity index (χ3v) is 6.54. The van der Waals surface area contributed by atoms with Gasteiger partial charge in [0, 0.05) is 24.7 Å². The van der Waals surface area contributed by atoms with Crippen LogP contribution in [0.5, 0.6) is 5.75 Å². The van der Waals surface area contributed by atoms with Crippen molar-refractivity contribution < 1.29 is 14.3 Å². The summed E-state index contributed by atoms with van der Waals surface area (Å²) in [4.78, 5) is 25.2. The van der Waals surface area contributed by atoms with Gasteiger partial charge in [-0.2, -0.15) is 0 Å². The summed E-state index contributed by atoms with van der Waals surface area (Å²) in [7, 11) is 1.62. The minimum absolute atomic E-state index is 0.0329. The van der Waals surface area contributed by atoms with Gasteiger partial charge in [-0.25, -0.2) is 0 Å². The van der Waals surface area contributed by atoms with Crippen molar-refractivity contribution in [2.24, 2.45) is 11.8 Å². The standard InChI is InChI=1S/C25H31N3O3/c1-31-22-12-10-21(11-13-22)28-24(29)18-8-6-17(7-9-18)15-27-25(30)23-14-19-4-2-3-5-20(19)16-26-23/h2-5,10-13,17-18,23,26H,6-9,14-16H2,1H3,(H,27,30)(H,28,29)/t17?,18?,23-/m1/s1. The van der Waals surface area contributed by atoms with Crippen LogP contribution in [-0.4, -0.2) is 31.5 Å². The number of hydrogen-bond donors (Lipinski definition) is 3. The summed E-state index contributed by atoms with van der Waals surface area (Å²) in [6.45, 7) is 1.42. The average molecular weight is 422 g/mol. The van der Waals surface area contributed by atoms with E-state index >= 15 is 0 Å². The monoisotopic (exact) mass is 421 g/mol. The van der Waals surface area contributed by atoms with E-state index in [9.17, 15) is 9.59 Å². The second-order valence-electron chi connectivity index (χ2n) is 8.59. The Balaban J connectivity index is 1.19. The fourth-order valence-electron chi connectivity index (χ4n) is 4.56. The van der Waals surface area contributed by atoms with Gasteiger partial charge < -0.3 is 20.7 Å². The summed E-state index contributed by atoms with van der Waals surface area (Å²) in [6.07, 6.45) is 4.37. The molecule has 0 aromatic heterocycles. The van der Waals surface area contributed by atoms with Crippen LogP contribution >= 0.6 is 0 Å². The second-order valence-corrected chi connectivity index (χ2v) is 8.59. The lowest BCUT2D eigenvalue weighted by molar-refractivity contribution is -0.124. The molecule has 2 amide bonds. The van der Waals surface area contributed by atoms with Gasteiger partial charge in [-0.15, -0.1) is 0 Å². The van der Waals surface area contributed by atoms with E-state index in [1.165, 1.54) is 11.1 Å². The lowest BCUT2D eigenvalue weighted by Gasteiger charge is -2.29. The summed E-state index contributed by atoms with van der Waals surface area (Å²) >= 11 is 0. The van der Waals surface area contributed by atoms with Gasteiger partial charge in [0.25, 0.3) is 0 Å². The van der Waals surface area contributed by atoms with Crippen LogP contribution in [-0.2, 0) is 22.6 Å². The topological polar surface area (TPSA) is 79.5 Å². The van der Waals surface area contributed by atoms with Crippen molar-refractivity contribution in [3.8, 4) is 5.75 Å². The molecule has 6 heteroatoms. The molecule has 1 heterocycles. The molecule has 1 atom stereocenters. The van der Waals surface area contributed by atoms with Crippen LogP contribution in [0.4, 0.5) is 5.69 Å². The largest absolute Gasteiger partial charge is 0.497 e. The third kappa shape index (κ3) is 5.44. The van der Waals surface area contributed by atoms with Crippen molar-refractivity contribution >= 4 is 17.5 Å². The van der Waals surface area contributed by atoms with Gasteiger partial charge in [-0.05, 0) is 73.4 Å². The van der Waals surface area contributed by atoms with Gasteiger partial charge in [-0.3, -0.25) is 9.59 Å². The van der Waals surface area contributed by atoms with Crippen molar-refractivity contribution in [3.63, 3.8) is 0 Å². The minimum Gasteiger partial charge on any atom is -0.497 e. The lowest BCUT2D eigenvalue weighted by Crippen LogP contribution is -2.48. The maximum Gasteiger partial charge on any atom is 0.237 e. The van der Waals surface area contributed by atoms with Crippen LogP contribution in [0.25, 0.3) is 0 Å². The summed E-state index contributed by atoms with van der Waals surface area (Å²) < 4.78 is 5.15. The molecular formula is C25H31N3O3. The molecule has 0 saturated heterocycles. The number of fused-ring (bicyclic) bond motifs is 1. The SMILES string of the molecule is COc1ccc(NC(=O)C2CCC(CNC(=O)[C@H]3Cc4ccccc4CN3)CC2)cc1. The first kappa shape index (κ1) is 21.4. The minimum atomic E-state index is -0.165. The number of carbonyl (C=O) groups excluding carboxylic acids is 2. The fourth-order valence-corrected chi connectivity index (χ4v) is 4.56. The molecule has 31 heavy (non-hydrogen) atoms. The maximum absolute atomic E-state index is 12.6. The van der Waals surface area contributed by atoms with E-state index in [0.29, 0.717) is 12.5 Å². The highest BCUT2D eigenvalue weighted by atomic mass is 16.5. The smallest absolute Gasteiger partial charge is 0.237 e. The van der Waals surface area contributed by atoms with Gasteiger partial charge in [0.2, 0.25) is 11.8 Å². The van der Waals surface area contributed by atoms with E-state index in [-0.39, 0.29) is 23.8 Å². The molecule has 6 nitrogen and oxygen atoms in total. The normalized spacial score (nSPS) is 22.8. The van der Waals surface area contributed by atoms with Gasteiger partial charge in [0.05, 0.1) is 13.2 Å². The molecule has 1 fully saturated rings. The predicted octanol–water partition coefficient (Wildman–Crippen LogP) is 3.27. The highest BCUT2D eigenvalue weighted by molar-refractivity contribution is 5.92. The molecule has 2 aromatic rings. The van der Waals surface area contributed by atoms with Crippen LogP contribution in [0.3, 0.4) is 0 Å². The molecule has 0 bridgehead atoms. The number of anilines is 1. The number of rotatable bonds is 6. The first-order chi connectivity index (χ1) is 15.1. The summed E-state index contributed by atoms with van der Waals surface area (Å²) in [6, 6.07) is 15.5. The highest BCUT2D eigenvalue weighted by Gasteiger charge is 2.28. The third-order valence-electron chi connectivity index (χ3n) is 6.54. The molecule has 0 radical (unpaired) electrons. The molecule has 0 unspecified atom stereocenters. The van der Waals surface area contributed by atoms with Crippen LogP contribution in [0.2, 0.25) is 0 Å². The van der Waals surface area contributed by atoms with Crippen LogP contribution < -0.4 is 20.7 Å². The Kier molecular flexibility index (Phi) is 6.87. The summed E-state index contributed by atoms with van der Waals surface area (Å²) in [5.41, 5.74) is 3.32. The van der Waals surface area contributed by atoms with E-state index in [1.54, 1.807) is 7.11 Å². The Morgan fingerprint density at radius 2 is 1.68 bits per heavy atom. The summed E-state index contributed by atoms with van der Waals surface area (Å²) in [5.74, 6) is 1.40. The molecule has 2 aliphatic rings. The maximum atomic E-state index is 12.6. The molecule has 3 N–H and O–H groups in total. The molecule has 0 spiro atoms. The second kappa shape index (κ2) is 9.96. The van der Waals surface area contributed by atoms with E-state index in [1.807, 2.05) is 36.4 Å². The van der Waals surface area contributed by atoms with Crippen LogP contribution in [0, 0.1) is 11.8 Å². The fraction of sp³-hybridized carbons (Fsp3) is 0.440. The Morgan fingerprint density at radius 1 is 0.968 bits per heavy atom. The lowest BCUT2D eigenvalue weighted by atomic mass is 9.81. The number of hydrogen-bond acceptors (Lipinski definition) is 4. The summed E-state index contributed by atoms with van der Waals surface area (Å²) in [5, 5.41) is 9.48. The van der Waals surface area contributed by atoms with Crippen molar-refractivity contribution in [2.45, 2.75) is 44.7 Å². The van der Waals surface area contributed by atoms with Gasteiger partial charge in [0.15, 0.2) is 0 Å². The molecule has 164 valence electrons. The van der Waals surface area contributed by atoms with Gasteiger partial charge in [-0.1, -0.05) is 24.3 Å². The molecule has 1 aliphatic heterocycles. The zero-order valence-corrected chi connectivity index (χ0v) is 18.0. The first-order valence-electron chi connectivity index (χ1n) is 11.1. The number of amides is 2. The number of carbonyl (C=O) groups is 2. The van der Waals surface area contributed by atoms with Crippen LogP contribution in [0.1, 0.15) is 36.8 Å². The van der Waals surface area contributed by atoms with Crippen LogP contribution in [0.15, 0.2) is 48.5 Å². The number of benzene rings is 2. The Hall–Kier alpha value is -2.86. The van der Waals surface area contributed by atoms with Crippen molar-refractivity contribution in [2.75, 3.05) is 19.0 Å². The average Bonchev–Trinajstić information content (AvgIpc) is 2.83. The van der Waals surface area contributed by atoms with E-state index in [4.69, 9.17) is 4.74 Å². The zero-order valence-electron chi connectivity index (χ0n) is 18.0. The van der Waals surface area contributed by atoms with E-state index in [2.05, 4.69) is 28.1 Å². The number of nitrogens with one attached hydrogen (secondary N) is 3. The molecule has 1 saturated carbocycles. The van der Waals surface area contributed by atoms with E-state index < -0.39 is 0 Å². The molecular weight excluding hydrogens is 390 g/mol. The van der Waals surface area contributed by atoms with Crippen molar-refractivity contribution in [3.05, 3.63) is 59.7 Å². The molecule has 4 rings (SSSR count). The molecule has 2 aromatic carbocycles. The zero-order chi connectivity index (χ0) is 21.6. The highest BCUT2D eigenvalue weighted by Crippen LogP contribution is 2.29. The van der Waals surface area contributed by atoms with E-state index in [0.717, 1.165) is 50.1 Å². The molecule has 1 aliphatic carbocycles. The quantitative estimate of drug-likeness (QED) is 0.669. The predicted molar refractivity (Wildman–Crippen MR) is 121 cm³/mol. The van der Waals surface area contributed by atoms with Crippen molar-refractivity contribution in [1.29, 1.82) is 0 Å². The Bertz CT molecular complexity index is 904. The first-order valence-corrected chi connectivity index (χ1v) is 11.1. The van der Waals surface area contributed by atoms with Crippen molar-refractivity contribution in [1.82, 2.24) is 10.6 Å². The van der Waals surface area contributed by atoms with Gasteiger partial charge >= 0.3 is 0 Å². The van der Waals surface area contributed by atoms with Gasteiger partial charge in [0.1, 0.15) is 5.75 Å².